The minimum atomic E-state index is -0.870. The van der Waals surface area contributed by atoms with E-state index in [0.29, 0.717) is 6.29 Å². The van der Waals surface area contributed by atoms with E-state index in [-0.39, 0.29) is 24.4 Å². The molecule has 0 aliphatic heterocycles. The maximum Gasteiger partial charge on any atom is 0.167 e. The second-order valence-electron chi connectivity index (χ2n) is 4.05. The number of aldehydes is 1. The molecule has 4 heteroatoms. The van der Waals surface area contributed by atoms with Crippen LogP contribution in [-0.4, -0.2) is 6.29 Å². The van der Waals surface area contributed by atoms with Crippen molar-refractivity contribution in [2.24, 2.45) is 0 Å². The highest BCUT2D eigenvalue weighted by Crippen LogP contribution is 2.25. The van der Waals surface area contributed by atoms with Crippen LogP contribution in [0.25, 0.3) is 0 Å². The number of hydrogen-bond donors (Lipinski definition) is 0. The van der Waals surface area contributed by atoms with E-state index in [0.717, 1.165) is 11.6 Å². The fourth-order valence-corrected chi connectivity index (χ4v) is 1.54. The molecule has 0 N–H and O–H groups in total. The van der Waals surface area contributed by atoms with Crippen LogP contribution in [0.5, 0.6) is 0 Å². The minimum absolute atomic E-state index is 0.0669. The molecule has 1 aromatic carbocycles. The first kappa shape index (κ1) is 15.8. The van der Waals surface area contributed by atoms with Gasteiger partial charge in [-0.2, -0.15) is 0 Å². The maximum atomic E-state index is 14.0. The van der Waals surface area contributed by atoms with Gasteiger partial charge in [0.1, 0.15) is 24.5 Å². The SMILES string of the molecule is C=C/C(F)=C(CC=O)\C(F)=C(/C)OCc1ccccc1. The molecule has 0 spiro atoms. The van der Waals surface area contributed by atoms with Crippen molar-refractivity contribution in [3.05, 3.63) is 71.5 Å². The largest absolute Gasteiger partial charge is 0.490 e. The monoisotopic (exact) mass is 278 g/mol. The Morgan fingerprint density at radius 3 is 2.50 bits per heavy atom. The van der Waals surface area contributed by atoms with Crippen molar-refractivity contribution in [3.63, 3.8) is 0 Å². The molecule has 0 amide bonds. The van der Waals surface area contributed by atoms with Crippen LogP contribution in [0.15, 0.2) is 66.0 Å². The summed E-state index contributed by atoms with van der Waals surface area (Å²) in [4.78, 5) is 10.5. The molecule has 0 saturated carbocycles. The highest BCUT2D eigenvalue weighted by Gasteiger charge is 2.14. The number of ether oxygens (including phenoxy) is 1. The summed E-state index contributed by atoms with van der Waals surface area (Å²) >= 11 is 0. The zero-order valence-corrected chi connectivity index (χ0v) is 11.2. The number of hydrogen-bond acceptors (Lipinski definition) is 2. The second-order valence-corrected chi connectivity index (χ2v) is 4.05. The molecule has 106 valence electrons. The zero-order chi connectivity index (χ0) is 15.0. The minimum Gasteiger partial charge on any atom is -0.490 e. The van der Waals surface area contributed by atoms with Crippen LogP contribution in [0.2, 0.25) is 0 Å². The molecular formula is C16H16F2O2. The lowest BCUT2D eigenvalue weighted by molar-refractivity contribution is -0.107. The summed E-state index contributed by atoms with van der Waals surface area (Å²) in [6, 6.07) is 9.19. The fourth-order valence-electron chi connectivity index (χ4n) is 1.54. The van der Waals surface area contributed by atoms with E-state index < -0.39 is 11.7 Å². The predicted octanol–water partition coefficient (Wildman–Crippen LogP) is 4.40. The molecule has 0 fully saturated rings. The van der Waals surface area contributed by atoms with E-state index in [1.807, 2.05) is 30.3 Å². The van der Waals surface area contributed by atoms with Gasteiger partial charge in [0, 0.05) is 12.0 Å². The Morgan fingerprint density at radius 2 is 1.95 bits per heavy atom. The Kier molecular flexibility index (Phi) is 6.37. The summed E-state index contributed by atoms with van der Waals surface area (Å²) in [5, 5.41) is 0. The molecule has 2 nitrogen and oxygen atoms in total. The van der Waals surface area contributed by atoms with Crippen molar-refractivity contribution in [2.75, 3.05) is 0 Å². The quantitative estimate of drug-likeness (QED) is 0.420. The molecule has 0 atom stereocenters. The van der Waals surface area contributed by atoms with E-state index >= 15 is 0 Å². The number of carbonyl (C=O) groups excluding carboxylic acids is 1. The Morgan fingerprint density at radius 1 is 1.30 bits per heavy atom. The summed E-state index contributed by atoms with van der Waals surface area (Å²) in [6.07, 6.45) is 0.932. The van der Waals surface area contributed by atoms with E-state index in [1.54, 1.807) is 0 Å². The highest BCUT2D eigenvalue weighted by atomic mass is 19.1. The third-order valence-corrected chi connectivity index (χ3v) is 2.63. The third kappa shape index (κ3) is 4.46. The lowest BCUT2D eigenvalue weighted by Gasteiger charge is -2.09. The van der Waals surface area contributed by atoms with Gasteiger partial charge in [-0.25, -0.2) is 8.78 Å². The van der Waals surface area contributed by atoms with E-state index in [2.05, 4.69) is 6.58 Å². The van der Waals surface area contributed by atoms with Gasteiger partial charge in [-0.15, -0.1) is 0 Å². The summed E-state index contributed by atoms with van der Waals surface area (Å²) in [7, 11) is 0. The van der Waals surface area contributed by atoms with Gasteiger partial charge in [-0.3, -0.25) is 0 Å². The lowest BCUT2D eigenvalue weighted by Crippen LogP contribution is -1.97. The number of benzene rings is 1. The number of allylic oxidation sites excluding steroid dienone is 5. The van der Waals surface area contributed by atoms with Crippen molar-refractivity contribution < 1.29 is 18.3 Å². The molecule has 20 heavy (non-hydrogen) atoms. The van der Waals surface area contributed by atoms with Crippen LogP contribution < -0.4 is 0 Å². The van der Waals surface area contributed by atoms with Crippen LogP contribution in [0.1, 0.15) is 18.9 Å². The molecule has 1 rings (SSSR count). The first-order valence-electron chi connectivity index (χ1n) is 6.08. The Bertz CT molecular complexity index is 531. The van der Waals surface area contributed by atoms with Gasteiger partial charge in [0.25, 0.3) is 0 Å². The normalized spacial score (nSPS) is 13.2. The van der Waals surface area contributed by atoms with Crippen molar-refractivity contribution in [2.45, 2.75) is 20.0 Å². The fraction of sp³-hybridized carbons (Fsp3) is 0.188. The van der Waals surface area contributed by atoms with Crippen LogP contribution in [-0.2, 0) is 16.1 Å². The van der Waals surface area contributed by atoms with E-state index in [4.69, 9.17) is 4.74 Å². The van der Waals surface area contributed by atoms with Gasteiger partial charge in [0.05, 0.1) is 0 Å². The van der Waals surface area contributed by atoms with Gasteiger partial charge in [-0.05, 0) is 18.6 Å². The van der Waals surface area contributed by atoms with E-state index in [1.165, 1.54) is 6.92 Å². The smallest absolute Gasteiger partial charge is 0.167 e. The lowest BCUT2D eigenvalue weighted by atomic mass is 10.1. The molecule has 0 aliphatic rings. The molecule has 0 unspecified atom stereocenters. The number of halogens is 2. The van der Waals surface area contributed by atoms with Gasteiger partial charge in [0.15, 0.2) is 5.83 Å². The van der Waals surface area contributed by atoms with Gasteiger partial charge in [-0.1, -0.05) is 36.9 Å². The summed E-state index contributed by atoms with van der Waals surface area (Å²) in [6.45, 7) is 4.78. The molecule has 0 heterocycles. The van der Waals surface area contributed by atoms with Gasteiger partial charge >= 0.3 is 0 Å². The van der Waals surface area contributed by atoms with Crippen LogP contribution in [0.4, 0.5) is 8.78 Å². The second kappa shape index (κ2) is 8.04. The highest BCUT2D eigenvalue weighted by molar-refractivity contribution is 5.58. The molecular weight excluding hydrogens is 262 g/mol. The van der Waals surface area contributed by atoms with Crippen LogP contribution in [0, 0.1) is 0 Å². The van der Waals surface area contributed by atoms with Crippen LogP contribution in [0.3, 0.4) is 0 Å². The standard InChI is InChI=1S/C16H16F2O2/c1-3-15(17)14(9-10-19)16(18)12(2)20-11-13-7-5-4-6-8-13/h3-8,10H,1,9,11H2,2H3/b15-14+,16-12-. The Balaban J connectivity index is 2.87. The molecule has 0 aromatic heterocycles. The van der Waals surface area contributed by atoms with Gasteiger partial charge < -0.3 is 9.53 Å². The number of carbonyl (C=O) groups is 1. The van der Waals surface area contributed by atoms with Gasteiger partial charge in [0.2, 0.25) is 0 Å². The third-order valence-electron chi connectivity index (χ3n) is 2.63. The first-order valence-corrected chi connectivity index (χ1v) is 6.08. The van der Waals surface area contributed by atoms with Crippen molar-refractivity contribution >= 4 is 6.29 Å². The summed E-state index contributed by atoms with van der Waals surface area (Å²) in [5.41, 5.74) is 0.519. The molecule has 0 radical (unpaired) electrons. The number of rotatable bonds is 7. The Labute approximate surface area is 117 Å². The molecule has 0 saturated heterocycles. The summed E-state index contributed by atoms with van der Waals surface area (Å²) < 4.78 is 32.7. The molecule has 0 aliphatic carbocycles. The molecule has 1 aromatic rings. The topological polar surface area (TPSA) is 26.3 Å². The average Bonchev–Trinajstić information content (AvgIpc) is 2.49. The summed E-state index contributed by atoms with van der Waals surface area (Å²) in [5.74, 6) is -1.80. The average molecular weight is 278 g/mol. The predicted molar refractivity (Wildman–Crippen MR) is 74.1 cm³/mol. The van der Waals surface area contributed by atoms with E-state index in [9.17, 15) is 13.6 Å². The molecule has 0 bridgehead atoms. The van der Waals surface area contributed by atoms with Crippen molar-refractivity contribution in [1.82, 2.24) is 0 Å². The maximum absolute atomic E-state index is 14.0. The van der Waals surface area contributed by atoms with Crippen LogP contribution >= 0.6 is 0 Å². The van der Waals surface area contributed by atoms with Crippen molar-refractivity contribution in [1.29, 1.82) is 0 Å². The Hall–Kier alpha value is -2.23. The zero-order valence-electron chi connectivity index (χ0n) is 11.2. The first-order chi connectivity index (χ1) is 9.60. The van der Waals surface area contributed by atoms with Crippen molar-refractivity contribution in [3.8, 4) is 0 Å².